The number of amides is 3. The van der Waals surface area contributed by atoms with Crippen LogP contribution in [0.15, 0.2) is 46.9 Å². The zero-order valence-electron chi connectivity index (χ0n) is 18.3. The van der Waals surface area contributed by atoms with Crippen LogP contribution in [-0.4, -0.2) is 68.2 Å². The van der Waals surface area contributed by atoms with Crippen molar-refractivity contribution in [3.8, 4) is 0 Å². The topological polar surface area (TPSA) is 87.1 Å². The number of benzene rings is 1. The molecule has 0 saturated carbocycles. The van der Waals surface area contributed by atoms with E-state index in [-0.39, 0.29) is 30.9 Å². The van der Waals surface area contributed by atoms with Gasteiger partial charge in [-0.2, -0.15) is 0 Å². The molecule has 168 valence electrons. The third-order valence-electron chi connectivity index (χ3n) is 5.31. The Morgan fingerprint density at radius 1 is 1.10 bits per heavy atom. The van der Waals surface area contributed by atoms with Crippen LogP contribution in [0.5, 0.6) is 0 Å². The van der Waals surface area contributed by atoms with Gasteiger partial charge in [0.05, 0.1) is 19.3 Å². The van der Waals surface area contributed by atoms with E-state index < -0.39 is 0 Å². The van der Waals surface area contributed by atoms with E-state index in [0.717, 1.165) is 30.2 Å². The van der Waals surface area contributed by atoms with Crippen molar-refractivity contribution in [2.45, 2.75) is 25.9 Å². The fourth-order valence-electron chi connectivity index (χ4n) is 3.58. The standard InChI is InChI=1S/C23H32N4O4/c1-18-8-9-21(31-18)20(27-12-14-30-15-13-27)16-25-22(28)10-11-24-23(29)26(2)17-19-6-4-3-5-7-19/h3-9,20H,10-17H2,1-2H3,(H,24,29)(H,25,28). The van der Waals surface area contributed by atoms with Gasteiger partial charge in [-0.25, -0.2) is 4.79 Å². The van der Waals surface area contributed by atoms with Crippen molar-refractivity contribution >= 4 is 11.9 Å². The van der Waals surface area contributed by atoms with Crippen molar-refractivity contribution in [3.05, 3.63) is 59.5 Å². The highest BCUT2D eigenvalue weighted by Gasteiger charge is 2.25. The minimum Gasteiger partial charge on any atom is -0.465 e. The van der Waals surface area contributed by atoms with Crippen LogP contribution in [-0.2, 0) is 16.1 Å². The van der Waals surface area contributed by atoms with Gasteiger partial charge in [0.1, 0.15) is 11.5 Å². The second-order valence-electron chi connectivity index (χ2n) is 7.74. The summed E-state index contributed by atoms with van der Waals surface area (Å²) in [5.41, 5.74) is 1.06. The maximum Gasteiger partial charge on any atom is 0.317 e. The van der Waals surface area contributed by atoms with Gasteiger partial charge in [0.2, 0.25) is 5.91 Å². The lowest BCUT2D eigenvalue weighted by Crippen LogP contribution is -2.44. The van der Waals surface area contributed by atoms with E-state index >= 15 is 0 Å². The first-order valence-electron chi connectivity index (χ1n) is 10.7. The van der Waals surface area contributed by atoms with Crippen molar-refractivity contribution in [2.24, 2.45) is 0 Å². The SMILES string of the molecule is Cc1ccc(C(CNC(=O)CCNC(=O)N(C)Cc2ccccc2)N2CCOCC2)o1. The average Bonchev–Trinajstić information content (AvgIpc) is 3.21. The number of urea groups is 1. The molecule has 8 heteroatoms. The highest BCUT2D eigenvalue weighted by Crippen LogP contribution is 2.23. The van der Waals surface area contributed by atoms with Crippen molar-refractivity contribution in [1.29, 1.82) is 0 Å². The smallest absolute Gasteiger partial charge is 0.317 e. The molecule has 1 atom stereocenters. The van der Waals surface area contributed by atoms with E-state index in [1.165, 1.54) is 0 Å². The van der Waals surface area contributed by atoms with Gasteiger partial charge in [0.25, 0.3) is 0 Å². The van der Waals surface area contributed by atoms with Crippen molar-refractivity contribution < 1.29 is 18.7 Å². The molecule has 0 radical (unpaired) electrons. The first-order chi connectivity index (χ1) is 15.0. The molecule has 1 aliphatic heterocycles. The third kappa shape index (κ3) is 7.11. The molecule has 3 rings (SSSR count). The summed E-state index contributed by atoms with van der Waals surface area (Å²) in [6, 6.07) is 13.4. The molecule has 1 fully saturated rings. The molecular formula is C23H32N4O4. The second-order valence-corrected chi connectivity index (χ2v) is 7.74. The van der Waals surface area contributed by atoms with Gasteiger partial charge in [0, 0.05) is 46.2 Å². The first-order valence-corrected chi connectivity index (χ1v) is 10.7. The quantitative estimate of drug-likeness (QED) is 0.640. The van der Waals surface area contributed by atoms with Gasteiger partial charge in [-0.3, -0.25) is 9.69 Å². The van der Waals surface area contributed by atoms with Crippen LogP contribution in [0.25, 0.3) is 0 Å². The maximum atomic E-state index is 12.4. The van der Waals surface area contributed by atoms with E-state index in [4.69, 9.17) is 9.15 Å². The molecule has 0 aliphatic carbocycles. The lowest BCUT2D eigenvalue weighted by atomic mass is 10.1. The number of carbonyl (C=O) groups is 2. The molecule has 1 unspecified atom stereocenters. The average molecular weight is 429 g/mol. The summed E-state index contributed by atoms with van der Waals surface area (Å²) in [5.74, 6) is 1.59. The molecule has 2 N–H and O–H groups in total. The fraction of sp³-hybridized carbons (Fsp3) is 0.478. The summed E-state index contributed by atoms with van der Waals surface area (Å²) in [4.78, 5) is 28.5. The highest BCUT2D eigenvalue weighted by molar-refractivity contribution is 5.78. The summed E-state index contributed by atoms with van der Waals surface area (Å²) in [5, 5.41) is 5.78. The van der Waals surface area contributed by atoms with Crippen LogP contribution in [0.2, 0.25) is 0 Å². The molecule has 2 heterocycles. The Labute approximate surface area is 183 Å². The Hall–Kier alpha value is -2.84. The van der Waals surface area contributed by atoms with E-state index in [1.54, 1.807) is 11.9 Å². The zero-order chi connectivity index (χ0) is 22.1. The number of hydrogen-bond donors (Lipinski definition) is 2. The van der Waals surface area contributed by atoms with Crippen LogP contribution in [0.3, 0.4) is 0 Å². The predicted octanol–water partition coefficient (Wildman–Crippen LogP) is 2.31. The lowest BCUT2D eigenvalue weighted by Gasteiger charge is -2.33. The zero-order valence-corrected chi connectivity index (χ0v) is 18.3. The number of ether oxygens (including phenoxy) is 1. The molecule has 1 aliphatic rings. The van der Waals surface area contributed by atoms with Gasteiger partial charge >= 0.3 is 6.03 Å². The summed E-state index contributed by atoms with van der Waals surface area (Å²) >= 11 is 0. The number of nitrogens with zero attached hydrogens (tertiary/aromatic N) is 2. The maximum absolute atomic E-state index is 12.4. The number of hydrogen-bond acceptors (Lipinski definition) is 5. The Bertz CT molecular complexity index is 833. The van der Waals surface area contributed by atoms with Crippen LogP contribution < -0.4 is 10.6 Å². The number of aryl methyl sites for hydroxylation is 1. The van der Waals surface area contributed by atoms with E-state index in [2.05, 4.69) is 15.5 Å². The minimum absolute atomic E-state index is 0.0341. The van der Waals surface area contributed by atoms with E-state index in [1.807, 2.05) is 49.4 Å². The molecule has 31 heavy (non-hydrogen) atoms. The number of morpholine rings is 1. The number of furan rings is 1. The predicted molar refractivity (Wildman–Crippen MR) is 118 cm³/mol. The molecule has 1 aromatic heterocycles. The summed E-state index contributed by atoms with van der Waals surface area (Å²) in [6.45, 7) is 6.10. The molecule has 1 aromatic carbocycles. The van der Waals surface area contributed by atoms with Crippen LogP contribution in [0.1, 0.15) is 29.5 Å². The Morgan fingerprint density at radius 3 is 2.52 bits per heavy atom. The largest absolute Gasteiger partial charge is 0.465 e. The number of carbonyl (C=O) groups excluding carboxylic acids is 2. The fourth-order valence-corrected chi connectivity index (χ4v) is 3.58. The highest BCUT2D eigenvalue weighted by atomic mass is 16.5. The Kier molecular flexibility index (Phi) is 8.49. The molecule has 2 aromatic rings. The number of nitrogens with one attached hydrogen (secondary N) is 2. The van der Waals surface area contributed by atoms with E-state index in [0.29, 0.717) is 26.3 Å². The molecular weight excluding hydrogens is 396 g/mol. The Morgan fingerprint density at radius 2 is 1.84 bits per heavy atom. The summed E-state index contributed by atoms with van der Waals surface area (Å²) in [6.07, 6.45) is 0.220. The molecule has 3 amide bonds. The summed E-state index contributed by atoms with van der Waals surface area (Å²) < 4.78 is 11.3. The minimum atomic E-state index is -0.200. The van der Waals surface area contributed by atoms with Gasteiger partial charge in [-0.1, -0.05) is 30.3 Å². The van der Waals surface area contributed by atoms with Crippen LogP contribution >= 0.6 is 0 Å². The lowest BCUT2D eigenvalue weighted by molar-refractivity contribution is -0.121. The van der Waals surface area contributed by atoms with Crippen LogP contribution in [0, 0.1) is 6.92 Å². The number of rotatable bonds is 9. The van der Waals surface area contributed by atoms with Crippen molar-refractivity contribution in [3.63, 3.8) is 0 Å². The van der Waals surface area contributed by atoms with Crippen molar-refractivity contribution in [1.82, 2.24) is 20.4 Å². The molecule has 8 nitrogen and oxygen atoms in total. The normalized spacial score (nSPS) is 15.3. The van der Waals surface area contributed by atoms with Gasteiger partial charge < -0.3 is 24.7 Å². The van der Waals surface area contributed by atoms with E-state index in [9.17, 15) is 9.59 Å². The van der Waals surface area contributed by atoms with Crippen molar-refractivity contribution in [2.75, 3.05) is 46.4 Å². The monoisotopic (exact) mass is 428 g/mol. The summed E-state index contributed by atoms with van der Waals surface area (Å²) in [7, 11) is 1.74. The van der Waals surface area contributed by atoms with Gasteiger partial charge in [-0.05, 0) is 24.6 Å². The second kappa shape index (κ2) is 11.5. The molecule has 1 saturated heterocycles. The molecule has 0 bridgehead atoms. The van der Waals surface area contributed by atoms with Crippen LogP contribution in [0.4, 0.5) is 4.79 Å². The van der Waals surface area contributed by atoms with Gasteiger partial charge in [-0.15, -0.1) is 0 Å². The Balaban J connectivity index is 1.42. The molecule has 0 spiro atoms. The van der Waals surface area contributed by atoms with Gasteiger partial charge in [0.15, 0.2) is 0 Å². The first kappa shape index (κ1) is 22.8. The third-order valence-corrected chi connectivity index (χ3v) is 5.31.